The number of carbonyl (C=O) groups is 1. The first-order valence-electron chi connectivity index (χ1n) is 7.16. The minimum Gasteiger partial charge on any atom is -0.438 e. The molecule has 122 valence electrons. The molecule has 2 aromatic heterocycles. The topological polar surface area (TPSA) is 59.2 Å². The fraction of sp³-hybridized carbons (Fsp3) is 0.400. The number of oxazole rings is 1. The molecule has 0 aliphatic carbocycles. The van der Waals surface area contributed by atoms with Crippen LogP contribution in [-0.4, -0.2) is 33.9 Å². The van der Waals surface area contributed by atoms with Gasteiger partial charge in [0.15, 0.2) is 12.1 Å². The number of piperidine rings is 1. The van der Waals surface area contributed by atoms with Crippen molar-refractivity contribution in [1.29, 1.82) is 0 Å². The molecule has 3 heterocycles. The second kappa shape index (κ2) is 6.02. The first-order chi connectivity index (χ1) is 11.0. The van der Waals surface area contributed by atoms with Gasteiger partial charge in [0.2, 0.25) is 5.76 Å². The number of likely N-dealkylation sites (tertiary alicyclic amines) is 1. The van der Waals surface area contributed by atoms with Crippen LogP contribution >= 0.6 is 0 Å². The van der Waals surface area contributed by atoms with Gasteiger partial charge in [0.05, 0.1) is 0 Å². The first kappa shape index (κ1) is 15.5. The van der Waals surface area contributed by atoms with E-state index in [1.165, 1.54) is 4.90 Å². The van der Waals surface area contributed by atoms with E-state index in [4.69, 9.17) is 0 Å². The van der Waals surface area contributed by atoms with Crippen molar-refractivity contribution in [1.82, 2.24) is 14.9 Å². The highest BCUT2D eigenvalue weighted by Crippen LogP contribution is 2.33. The third kappa shape index (κ3) is 3.20. The monoisotopic (exact) mass is 325 g/mol. The summed E-state index contributed by atoms with van der Waals surface area (Å²) in [6.45, 7) is 0.770. The molecule has 0 bridgehead atoms. The van der Waals surface area contributed by atoms with Crippen LogP contribution in [0.4, 0.5) is 13.2 Å². The Kier molecular flexibility index (Phi) is 4.06. The highest BCUT2D eigenvalue weighted by Gasteiger charge is 2.41. The number of hydrogen-bond donors (Lipinski definition) is 0. The average molecular weight is 325 g/mol. The highest BCUT2D eigenvalue weighted by molar-refractivity contribution is 5.93. The van der Waals surface area contributed by atoms with Gasteiger partial charge in [-0.1, -0.05) is 0 Å². The lowest BCUT2D eigenvalue weighted by atomic mass is 9.90. The summed E-state index contributed by atoms with van der Waals surface area (Å²) >= 11 is 0. The lowest BCUT2D eigenvalue weighted by Gasteiger charge is -2.31. The first-order valence-corrected chi connectivity index (χ1v) is 7.16. The average Bonchev–Trinajstić information content (AvgIpc) is 3.05. The van der Waals surface area contributed by atoms with Gasteiger partial charge in [-0.25, -0.2) is 4.98 Å². The summed E-state index contributed by atoms with van der Waals surface area (Å²) in [4.78, 5) is 21.1. The summed E-state index contributed by atoms with van der Waals surface area (Å²) in [5, 5.41) is 0. The third-order valence-corrected chi connectivity index (χ3v) is 3.99. The molecule has 23 heavy (non-hydrogen) atoms. The SMILES string of the molecule is O=C(c1ncoc1C(F)(F)F)N1CCC(c2ccncc2)CC1. The molecule has 8 heteroatoms. The summed E-state index contributed by atoms with van der Waals surface area (Å²) in [5.41, 5.74) is 0.462. The molecule has 0 unspecified atom stereocenters. The number of pyridine rings is 1. The number of alkyl halides is 3. The van der Waals surface area contributed by atoms with Crippen LogP contribution in [0.3, 0.4) is 0 Å². The molecule has 5 nitrogen and oxygen atoms in total. The zero-order chi connectivity index (χ0) is 16.4. The normalized spacial score (nSPS) is 16.6. The highest BCUT2D eigenvalue weighted by atomic mass is 19.4. The Morgan fingerprint density at radius 1 is 1.22 bits per heavy atom. The van der Waals surface area contributed by atoms with Gasteiger partial charge >= 0.3 is 6.18 Å². The zero-order valence-corrected chi connectivity index (χ0v) is 12.1. The second-order valence-corrected chi connectivity index (χ2v) is 5.37. The summed E-state index contributed by atoms with van der Waals surface area (Å²) in [6, 6.07) is 3.84. The van der Waals surface area contributed by atoms with Crippen molar-refractivity contribution in [2.45, 2.75) is 24.9 Å². The molecule has 3 rings (SSSR count). The molecule has 1 aliphatic heterocycles. The predicted octanol–water partition coefficient (Wildman–Crippen LogP) is 3.11. The van der Waals surface area contributed by atoms with Crippen molar-refractivity contribution in [2.75, 3.05) is 13.1 Å². The third-order valence-electron chi connectivity index (χ3n) is 3.99. The summed E-state index contributed by atoms with van der Waals surface area (Å²) in [5.74, 6) is -1.79. The Morgan fingerprint density at radius 2 is 1.87 bits per heavy atom. The van der Waals surface area contributed by atoms with Gasteiger partial charge in [-0.3, -0.25) is 9.78 Å². The molecular formula is C15H14F3N3O2. The van der Waals surface area contributed by atoms with Gasteiger partial charge in [-0.15, -0.1) is 0 Å². The maximum Gasteiger partial charge on any atom is 0.452 e. The summed E-state index contributed by atoms with van der Waals surface area (Å²) in [6.07, 6.45) is 0.719. The Hall–Kier alpha value is -2.38. The minimum atomic E-state index is -4.73. The number of hydrogen-bond acceptors (Lipinski definition) is 4. The molecule has 0 saturated carbocycles. The van der Waals surface area contributed by atoms with Crippen LogP contribution in [0.5, 0.6) is 0 Å². The lowest BCUT2D eigenvalue weighted by Crippen LogP contribution is -2.38. The fourth-order valence-corrected chi connectivity index (χ4v) is 2.80. The standard InChI is InChI=1S/C15H14F3N3O2/c16-15(17,18)13-12(20-9-23-13)14(22)21-7-3-11(4-8-21)10-1-5-19-6-2-10/h1-2,5-6,9,11H,3-4,7-8H2. The lowest BCUT2D eigenvalue weighted by molar-refractivity contribution is -0.153. The Morgan fingerprint density at radius 3 is 2.48 bits per heavy atom. The van der Waals surface area contributed by atoms with E-state index < -0.39 is 23.5 Å². The molecule has 1 aliphatic rings. The second-order valence-electron chi connectivity index (χ2n) is 5.37. The molecule has 2 aromatic rings. The van der Waals surface area contributed by atoms with E-state index in [9.17, 15) is 18.0 Å². The molecule has 0 aromatic carbocycles. The van der Waals surface area contributed by atoms with Gasteiger partial charge in [0.1, 0.15) is 0 Å². The van der Waals surface area contributed by atoms with Crippen molar-refractivity contribution in [2.24, 2.45) is 0 Å². The van der Waals surface area contributed by atoms with Gasteiger partial charge in [-0.05, 0) is 36.5 Å². The van der Waals surface area contributed by atoms with Gasteiger partial charge in [0, 0.05) is 25.5 Å². The van der Waals surface area contributed by atoms with E-state index in [2.05, 4.69) is 14.4 Å². The van der Waals surface area contributed by atoms with Crippen LogP contribution in [0.2, 0.25) is 0 Å². The summed E-state index contributed by atoms with van der Waals surface area (Å²) < 4.78 is 42.7. The molecule has 1 fully saturated rings. The predicted molar refractivity (Wildman–Crippen MR) is 73.6 cm³/mol. The van der Waals surface area contributed by atoms with E-state index in [0.29, 0.717) is 32.3 Å². The van der Waals surface area contributed by atoms with Gasteiger partial charge in [-0.2, -0.15) is 13.2 Å². The molecule has 0 N–H and O–H groups in total. The minimum absolute atomic E-state index is 0.279. The number of carbonyl (C=O) groups excluding carboxylic acids is 1. The maximum atomic E-state index is 12.8. The molecule has 0 spiro atoms. The smallest absolute Gasteiger partial charge is 0.438 e. The number of aromatic nitrogens is 2. The molecular weight excluding hydrogens is 311 g/mol. The van der Waals surface area contributed by atoms with E-state index >= 15 is 0 Å². The molecule has 1 saturated heterocycles. The van der Waals surface area contributed by atoms with E-state index in [1.54, 1.807) is 12.4 Å². The van der Waals surface area contributed by atoms with Crippen LogP contribution < -0.4 is 0 Å². The van der Waals surface area contributed by atoms with Crippen molar-refractivity contribution < 1.29 is 22.4 Å². The quantitative estimate of drug-likeness (QED) is 0.851. The van der Waals surface area contributed by atoms with E-state index in [1.807, 2.05) is 12.1 Å². The van der Waals surface area contributed by atoms with Crippen LogP contribution in [0.15, 0.2) is 35.3 Å². The Balaban J connectivity index is 1.69. The van der Waals surface area contributed by atoms with Crippen LogP contribution in [0.25, 0.3) is 0 Å². The molecule has 0 atom stereocenters. The van der Waals surface area contributed by atoms with Crippen LogP contribution in [0.1, 0.15) is 40.6 Å². The van der Waals surface area contributed by atoms with E-state index in [0.717, 1.165) is 5.56 Å². The van der Waals surface area contributed by atoms with Crippen LogP contribution in [0, 0.1) is 0 Å². The maximum absolute atomic E-state index is 12.8. The van der Waals surface area contributed by atoms with Gasteiger partial charge in [0.25, 0.3) is 5.91 Å². The number of amides is 1. The number of nitrogens with zero attached hydrogens (tertiary/aromatic N) is 3. The Labute approximate surface area is 130 Å². The van der Waals surface area contributed by atoms with Crippen molar-refractivity contribution >= 4 is 5.91 Å². The van der Waals surface area contributed by atoms with Crippen molar-refractivity contribution in [3.8, 4) is 0 Å². The van der Waals surface area contributed by atoms with Crippen molar-refractivity contribution in [3.63, 3.8) is 0 Å². The van der Waals surface area contributed by atoms with E-state index in [-0.39, 0.29) is 5.92 Å². The summed E-state index contributed by atoms with van der Waals surface area (Å²) in [7, 11) is 0. The van der Waals surface area contributed by atoms with Crippen LogP contribution in [-0.2, 0) is 6.18 Å². The molecule has 1 amide bonds. The van der Waals surface area contributed by atoms with Crippen molar-refractivity contribution in [3.05, 3.63) is 47.9 Å². The fourth-order valence-electron chi connectivity index (χ4n) is 2.80. The largest absolute Gasteiger partial charge is 0.452 e. The van der Waals surface area contributed by atoms with Gasteiger partial charge < -0.3 is 9.32 Å². The zero-order valence-electron chi connectivity index (χ0n) is 12.1. The molecule has 0 radical (unpaired) electrons. The number of rotatable bonds is 2. The number of halogens is 3. The Bertz CT molecular complexity index is 677.